The molecule has 0 bridgehead atoms. The number of nitrogens with one attached hydrogen (secondary N) is 2. The second-order valence-electron chi connectivity index (χ2n) is 5.20. The first-order chi connectivity index (χ1) is 9.51. The zero-order valence-corrected chi connectivity index (χ0v) is 12.7. The molecule has 0 aliphatic heterocycles. The first-order valence-corrected chi connectivity index (χ1v) is 8.82. The molecule has 2 heterocycles. The van der Waals surface area contributed by atoms with Gasteiger partial charge in [-0.05, 0) is 25.2 Å². The summed E-state index contributed by atoms with van der Waals surface area (Å²) in [6, 6.07) is -0.00943. The predicted octanol–water partition coefficient (Wildman–Crippen LogP) is 1.15. The van der Waals surface area contributed by atoms with Crippen LogP contribution >= 0.6 is 11.3 Å². The summed E-state index contributed by atoms with van der Waals surface area (Å²) in [5.41, 5.74) is 2.37. The van der Waals surface area contributed by atoms with Crippen molar-refractivity contribution in [2.24, 2.45) is 11.8 Å². The van der Waals surface area contributed by atoms with Gasteiger partial charge in [-0.1, -0.05) is 6.92 Å². The van der Waals surface area contributed by atoms with Gasteiger partial charge in [0.1, 0.15) is 0 Å². The summed E-state index contributed by atoms with van der Waals surface area (Å²) in [5, 5.41) is 1.87. The van der Waals surface area contributed by atoms with E-state index >= 15 is 0 Å². The fourth-order valence-electron chi connectivity index (χ4n) is 2.71. The molecule has 0 amide bonds. The number of imidazole rings is 1. The van der Waals surface area contributed by atoms with Crippen molar-refractivity contribution >= 4 is 32.1 Å². The molecule has 7 nitrogen and oxygen atoms in total. The van der Waals surface area contributed by atoms with Crippen molar-refractivity contribution in [3.8, 4) is 0 Å². The first-order valence-electron chi connectivity index (χ1n) is 6.46. The van der Waals surface area contributed by atoms with Gasteiger partial charge in [-0.3, -0.25) is 4.40 Å². The molecule has 0 radical (unpaired) electrons. The number of aromatic nitrogens is 2. The van der Waals surface area contributed by atoms with Crippen LogP contribution < -0.4 is 16.0 Å². The highest BCUT2D eigenvalue weighted by Crippen LogP contribution is 2.29. The molecule has 20 heavy (non-hydrogen) atoms. The lowest BCUT2D eigenvalue weighted by Crippen LogP contribution is -2.34. The summed E-state index contributed by atoms with van der Waals surface area (Å²) in [6.45, 7) is 2.14. The molecule has 2 aromatic rings. The smallest absolute Gasteiger partial charge is 0.260 e. The number of nitrogen functional groups attached to an aromatic ring is 1. The summed E-state index contributed by atoms with van der Waals surface area (Å²) < 4.78 is 29.5. The van der Waals surface area contributed by atoms with E-state index in [9.17, 15) is 8.42 Å². The molecule has 1 saturated carbocycles. The largest absolute Gasteiger partial charge is 0.306 e. The Morgan fingerprint density at radius 1 is 1.50 bits per heavy atom. The number of fused-ring (bicyclic) bond motifs is 1. The molecule has 2 atom stereocenters. The van der Waals surface area contributed by atoms with E-state index in [1.807, 2.05) is 0 Å². The Morgan fingerprint density at radius 2 is 2.30 bits per heavy atom. The van der Waals surface area contributed by atoms with Crippen molar-refractivity contribution in [1.29, 1.82) is 0 Å². The van der Waals surface area contributed by atoms with E-state index in [4.69, 9.17) is 5.84 Å². The molecule has 0 spiro atoms. The van der Waals surface area contributed by atoms with Gasteiger partial charge in [-0.15, -0.1) is 11.3 Å². The van der Waals surface area contributed by atoms with E-state index in [-0.39, 0.29) is 16.9 Å². The van der Waals surface area contributed by atoms with Crippen molar-refractivity contribution in [3.63, 3.8) is 0 Å². The van der Waals surface area contributed by atoms with Gasteiger partial charge >= 0.3 is 0 Å². The van der Waals surface area contributed by atoms with Gasteiger partial charge < -0.3 is 5.43 Å². The van der Waals surface area contributed by atoms with Crippen LogP contribution in [0.5, 0.6) is 0 Å². The molecular weight excluding hydrogens is 298 g/mol. The third-order valence-electron chi connectivity index (χ3n) is 3.63. The molecule has 0 saturated heterocycles. The lowest BCUT2D eigenvalue weighted by molar-refractivity contribution is 0.535. The van der Waals surface area contributed by atoms with Crippen LogP contribution in [0.4, 0.5) is 5.82 Å². The number of hydrogen-bond donors (Lipinski definition) is 3. The normalized spacial score (nSPS) is 23.5. The monoisotopic (exact) mass is 315 g/mol. The number of anilines is 1. The minimum Gasteiger partial charge on any atom is -0.306 e. The highest BCUT2D eigenvalue weighted by Gasteiger charge is 2.31. The van der Waals surface area contributed by atoms with Crippen LogP contribution in [-0.4, -0.2) is 23.8 Å². The molecule has 110 valence electrons. The van der Waals surface area contributed by atoms with E-state index in [0.717, 1.165) is 19.3 Å². The Morgan fingerprint density at radius 3 is 2.95 bits per heavy atom. The Balaban J connectivity index is 1.97. The summed E-state index contributed by atoms with van der Waals surface area (Å²) in [6.07, 6.45) is 4.47. The van der Waals surface area contributed by atoms with E-state index in [1.54, 1.807) is 16.0 Å². The fraction of sp³-hybridized carbons (Fsp3) is 0.545. The zero-order chi connectivity index (χ0) is 14.3. The number of sulfonamides is 1. The zero-order valence-electron chi connectivity index (χ0n) is 11.0. The van der Waals surface area contributed by atoms with Crippen molar-refractivity contribution in [2.75, 3.05) is 5.43 Å². The maximum atomic E-state index is 12.6. The quantitative estimate of drug-likeness (QED) is 0.580. The fourth-order valence-corrected chi connectivity index (χ4v) is 5.01. The topological polar surface area (TPSA) is 102 Å². The Hall–Kier alpha value is -1.16. The number of rotatable bonds is 4. The standard InChI is InChI=1S/C11H17N5O2S2/c1-7-2-3-8(6-7)15-20(17,18)10-9(14-12)13-11-16(10)4-5-19-11/h4-5,7-8,14-15H,2-3,6,12H2,1H3. The van der Waals surface area contributed by atoms with E-state index in [1.165, 1.54) is 11.3 Å². The molecular formula is C11H17N5O2S2. The van der Waals surface area contributed by atoms with Crippen LogP contribution in [0.25, 0.3) is 4.96 Å². The van der Waals surface area contributed by atoms with Crippen LogP contribution in [0, 0.1) is 5.92 Å². The predicted molar refractivity (Wildman–Crippen MR) is 78.0 cm³/mol. The van der Waals surface area contributed by atoms with Crippen molar-refractivity contribution < 1.29 is 8.42 Å². The number of nitrogens with two attached hydrogens (primary N) is 1. The van der Waals surface area contributed by atoms with Gasteiger partial charge in [0.25, 0.3) is 10.0 Å². The Bertz CT molecular complexity index is 720. The summed E-state index contributed by atoms with van der Waals surface area (Å²) in [7, 11) is -3.65. The Labute approximate surface area is 121 Å². The highest BCUT2D eigenvalue weighted by molar-refractivity contribution is 7.89. The van der Waals surface area contributed by atoms with Gasteiger partial charge in [0.2, 0.25) is 5.03 Å². The lowest BCUT2D eigenvalue weighted by Gasteiger charge is -2.13. The average molecular weight is 315 g/mol. The molecule has 1 aliphatic carbocycles. The van der Waals surface area contributed by atoms with Crippen LogP contribution in [-0.2, 0) is 10.0 Å². The SMILES string of the molecule is CC1CCC(NS(=O)(=O)c2c(NN)nc3sccn23)C1. The molecule has 3 rings (SSSR count). The summed E-state index contributed by atoms with van der Waals surface area (Å²) in [4.78, 5) is 4.77. The number of nitrogens with zero attached hydrogens (tertiary/aromatic N) is 2. The van der Waals surface area contributed by atoms with E-state index < -0.39 is 10.0 Å². The van der Waals surface area contributed by atoms with Gasteiger partial charge in [0, 0.05) is 17.6 Å². The van der Waals surface area contributed by atoms with Gasteiger partial charge in [-0.25, -0.2) is 19.0 Å². The van der Waals surface area contributed by atoms with Crippen LogP contribution in [0.1, 0.15) is 26.2 Å². The van der Waals surface area contributed by atoms with E-state index in [0.29, 0.717) is 10.9 Å². The molecule has 2 unspecified atom stereocenters. The van der Waals surface area contributed by atoms with Gasteiger partial charge in [0.15, 0.2) is 10.8 Å². The number of thiazole rings is 1. The van der Waals surface area contributed by atoms with Crippen LogP contribution in [0.2, 0.25) is 0 Å². The highest BCUT2D eigenvalue weighted by atomic mass is 32.2. The molecule has 2 aromatic heterocycles. The van der Waals surface area contributed by atoms with Crippen molar-refractivity contribution in [2.45, 2.75) is 37.3 Å². The third kappa shape index (κ3) is 2.30. The van der Waals surface area contributed by atoms with Gasteiger partial charge in [0.05, 0.1) is 0 Å². The molecule has 0 aromatic carbocycles. The molecule has 1 fully saturated rings. The minimum atomic E-state index is -3.65. The second-order valence-corrected chi connectivity index (χ2v) is 7.70. The number of hydrogen-bond acceptors (Lipinski definition) is 6. The lowest BCUT2D eigenvalue weighted by atomic mass is 10.1. The number of hydrazine groups is 1. The third-order valence-corrected chi connectivity index (χ3v) is 5.93. The minimum absolute atomic E-state index is 0.00943. The second kappa shape index (κ2) is 4.99. The van der Waals surface area contributed by atoms with Crippen molar-refractivity contribution in [1.82, 2.24) is 14.1 Å². The Kier molecular flexibility index (Phi) is 3.44. The van der Waals surface area contributed by atoms with E-state index in [2.05, 4.69) is 22.1 Å². The van der Waals surface area contributed by atoms with Gasteiger partial charge in [-0.2, -0.15) is 4.98 Å². The maximum Gasteiger partial charge on any atom is 0.260 e. The summed E-state index contributed by atoms with van der Waals surface area (Å²) in [5.74, 6) is 6.12. The maximum absolute atomic E-state index is 12.6. The van der Waals surface area contributed by atoms with Crippen molar-refractivity contribution in [3.05, 3.63) is 11.6 Å². The molecule has 1 aliphatic rings. The molecule has 4 N–H and O–H groups in total. The molecule has 9 heteroatoms. The summed E-state index contributed by atoms with van der Waals surface area (Å²) >= 11 is 1.36. The average Bonchev–Trinajstić information content (AvgIpc) is 3.02. The van der Waals surface area contributed by atoms with Crippen LogP contribution in [0.3, 0.4) is 0 Å². The van der Waals surface area contributed by atoms with Crippen LogP contribution in [0.15, 0.2) is 16.6 Å². The first kappa shape index (κ1) is 13.8.